The molecule has 1 saturated carbocycles. The number of carboxylic acids is 1. The minimum atomic E-state index is -1.43. The Morgan fingerprint density at radius 2 is 2.10 bits per heavy atom. The van der Waals surface area contributed by atoms with Gasteiger partial charge in [-0.25, -0.2) is 14.0 Å². The minimum Gasteiger partial charge on any atom is -0.543 e. The summed E-state index contributed by atoms with van der Waals surface area (Å²) >= 11 is 2.55. The molecule has 0 bridgehead atoms. The summed E-state index contributed by atoms with van der Waals surface area (Å²) in [6.07, 6.45) is 9.32. The summed E-state index contributed by atoms with van der Waals surface area (Å²) in [6, 6.07) is 4.78. The second kappa shape index (κ2) is 10.3. The Morgan fingerprint density at radius 3 is 2.85 bits per heavy atom. The van der Waals surface area contributed by atoms with Crippen LogP contribution in [-0.2, 0) is 25.8 Å². The highest BCUT2D eigenvalue weighted by Crippen LogP contribution is 2.40. The van der Waals surface area contributed by atoms with E-state index in [0.29, 0.717) is 11.3 Å². The van der Waals surface area contributed by atoms with Crippen LogP contribution in [0.25, 0.3) is 5.65 Å². The Bertz CT molecular complexity index is 1520. The number of nitrogens with two attached hydrogens (primary N) is 1. The number of thioether (sulfide) groups is 1. The maximum Gasteiger partial charge on any atom is 0.286 e. The molecule has 0 aromatic carbocycles. The van der Waals surface area contributed by atoms with Gasteiger partial charge in [0.15, 0.2) is 10.8 Å². The van der Waals surface area contributed by atoms with Crippen LogP contribution in [0.2, 0.25) is 0 Å². The minimum absolute atomic E-state index is 0.0738. The first kappa shape index (κ1) is 25.4. The first-order valence-corrected chi connectivity index (χ1v) is 14.4. The lowest BCUT2D eigenvalue weighted by atomic mass is 10.0. The number of hydrogen-bond donors (Lipinski definition) is 2. The van der Waals surface area contributed by atoms with Gasteiger partial charge in [-0.15, -0.1) is 23.1 Å². The van der Waals surface area contributed by atoms with Gasteiger partial charge in [-0.2, -0.15) is 0 Å². The number of fused-ring (bicyclic) bond motifs is 2. The van der Waals surface area contributed by atoms with Gasteiger partial charge in [-0.1, -0.05) is 11.2 Å². The summed E-state index contributed by atoms with van der Waals surface area (Å²) in [5, 5.41) is 20.3. The number of hydrogen-bond acceptors (Lipinski definition) is 10. The van der Waals surface area contributed by atoms with Crippen LogP contribution in [0.3, 0.4) is 0 Å². The van der Waals surface area contributed by atoms with Crippen molar-refractivity contribution in [2.75, 3.05) is 11.5 Å². The van der Waals surface area contributed by atoms with E-state index in [1.807, 2.05) is 45.8 Å². The Labute approximate surface area is 231 Å². The van der Waals surface area contributed by atoms with Crippen LogP contribution >= 0.6 is 23.1 Å². The Balaban J connectivity index is 1.21. The van der Waals surface area contributed by atoms with E-state index in [-0.39, 0.29) is 34.9 Å². The van der Waals surface area contributed by atoms with Gasteiger partial charge in [0.05, 0.1) is 17.9 Å². The Kier molecular flexibility index (Phi) is 6.73. The molecule has 39 heavy (non-hydrogen) atoms. The highest BCUT2D eigenvalue weighted by molar-refractivity contribution is 8.00. The monoisotopic (exact) mass is 567 g/mol. The number of rotatable bonds is 8. The van der Waals surface area contributed by atoms with Gasteiger partial charge in [-0.3, -0.25) is 14.5 Å². The van der Waals surface area contributed by atoms with Crippen molar-refractivity contribution in [2.24, 2.45) is 5.16 Å². The molecule has 12 nitrogen and oxygen atoms in total. The first-order chi connectivity index (χ1) is 18.9. The van der Waals surface area contributed by atoms with Crippen LogP contribution < -0.4 is 20.7 Å². The normalized spacial score (nSPS) is 21.7. The van der Waals surface area contributed by atoms with Crippen molar-refractivity contribution in [3.63, 3.8) is 0 Å². The van der Waals surface area contributed by atoms with Crippen molar-refractivity contribution in [3.8, 4) is 0 Å². The number of β-lactam (4-membered cyclic amide) rings is 1. The summed E-state index contributed by atoms with van der Waals surface area (Å²) in [5.74, 6) is -2.24. The third kappa shape index (κ3) is 4.74. The third-order valence-electron chi connectivity index (χ3n) is 7.03. The number of carbonyl (C=O) groups is 3. The molecule has 2 atom stereocenters. The molecule has 5 heterocycles. The summed E-state index contributed by atoms with van der Waals surface area (Å²) in [6.45, 7) is 0.283. The quantitative estimate of drug-likeness (QED) is 0.167. The highest BCUT2D eigenvalue weighted by Gasteiger charge is 2.53. The summed E-state index contributed by atoms with van der Waals surface area (Å²) in [7, 11) is 0. The van der Waals surface area contributed by atoms with Crippen LogP contribution in [0.4, 0.5) is 5.13 Å². The smallest absolute Gasteiger partial charge is 0.286 e. The number of pyridine rings is 1. The summed E-state index contributed by atoms with van der Waals surface area (Å²) in [5.41, 5.74) is 7.23. The van der Waals surface area contributed by atoms with E-state index in [1.54, 1.807) is 5.38 Å². The summed E-state index contributed by atoms with van der Waals surface area (Å²) in [4.78, 5) is 49.6. The fraction of sp³-hybridized carbons (Fsp3) is 0.360. The van der Waals surface area contributed by atoms with Gasteiger partial charge in [0.2, 0.25) is 0 Å². The maximum absolute atomic E-state index is 13.3. The number of carbonyl (C=O) groups excluding carboxylic acids is 3. The van der Waals surface area contributed by atoms with Gasteiger partial charge >= 0.3 is 0 Å². The second-order valence-electron chi connectivity index (χ2n) is 9.52. The van der Waals surface area contributed by atoms with Crippen LogP contribution in [0.1, 0.15) is 31.4 Å². The molecular weight excluding hydrogens is 542 g/mol. The standard InChI is InChI=1S/C25H25N7O5S2/c26-25-27-16(13-39-25)18(29-37-15-5-1-2-6-15)21(33)28-19-22(34)32-20(24(35)36)14(12-38-23(19)32)11-31-10-9-30-8-4-3-7-17(30)31/h3-4,7-10,13,15,19,23H,1-2,5-6,11-12H2,(H3-,26,27,28,33,35,36)/b29-18-/t19-,23+/m1/s1. The number of nitrogens with one attached hydrogen (secondary N) is 1. The molecule has 2 aliphatic heterocycles. The van der Waals surface area contributed by atoms with E-state index in [2.05, 4.69) is 15.5 Å². The predicted molar refractivity (Wildman–Crippen MR) is 141 cm³/mol. The average Bonchev–Trinajstić information content (AvgIpc) is 3.69. The zero-order valence-electron chi connectivity index (χ0n) is 20.7. The lowest BCUT2D eigenvalue weighted by molar-refractivity contribution is -0.662. The van der Waals surface area contributed by atoms with E-state index >= 15 is 0 Å². The number of oxime groups is 1. The first-order valence-electron chi connectivity index (χ1n) is 12.5. The molecule has 2 amide bonds. The van der Waals surface area contributed by atoms with Gasteiger partial charge < -0.3 is 25.8 Å². The van der Waals surface area contributed by atoms with Crippen molar-refractivity contribution in [1.29, 1.82) is 0 Å². The molecule has 6 rings (SSSR count). The zero-order valence-corrected chi connectivity index (χ0v) is 22.3. The van der Waals surface area contributed by atoms with E-state index in [9.17, 15) is 19.5 Å². The van der Waals surface area contributed by atoms with Crippen LogP contribution in [0.15, 0.2) is 58.6 Å². The third-order valence-corrected chi connectivity index (χ3v) is 9.05. The fourth-order valence-electron chi connectivity index (χ4n) is 5.11. The number of aliphatic carboxylic acids is 1. The molecule has 0 radical (unpaired) electrons. The SMILES string of the molecule is Nc1nc(/C(=N/OC2CCCC2)C(=O)N[C@@H]2C(=O)N3C(C(=O)[O-])=C(C[n+]4ccn5ccccc54)CS[C@@H]23)cs1. The second-order valence-corrected chi connectivity index (χ2v) is 11.5. The fourth-order valence-corrected chi connectivity index (χ4v) is 6.99. The van der Waals surface area contributed by atoms with Gasteiger partial charge in [0.25, 0.3) is 17.5 Å². The van der Waals surface area contributed by atoms with Crippen molar-refractivity contribution >= 4 is 57.4 Å². The van der Waals surface area contributed by atoms with E-state index in [1.165, 1.54) is 16.7 Å². The number of nitrogen functional groups attached to an aromatic ring is 1. The Morgan fingerprint density at radius 1 is 1.28 bits per heavy atom. The van der Waals surface area contributed by atoms with Crippen LogP contribution in [0, 0.1) is 0 Å². The zero-order chi connectivity index (χ0) is 27.1. The van der Waals surface area contributed by atoms with E-state index in [4.69, 9.17) is 10.6 Å². The van der Waals surface area contributed by atoms with Crippen molar-refractivity contribution in [3.05, 3.63) is 59.1 Å². The number of imidazole rings is 1. The molecule has 0 unspecified atom stereocenters. The van der Waals surface area contributed by atoms with Crippen LogP contribution in [0.5, 0.6) is 0 Å². The van der Waals surface area contributed by atoms with Gasteiger partial charge in [0.1, 0.15) is 42.2 Å². The van der Waals surface area contributed by atoms with Crippen molar-refractivity contribution < 1.29 is 28.9 Å². The van der Waals surface area contributed by atoms with Crippen molar-refractivity contribution in [1.82, 2.24) is 19.6 Å². The van der Waals surface area contributed by atoms with Gasteiger partial charge in [0, 0.05) is 22.8 Å². The molecule has 2 fully saturated rings. The number of thiazole rings is 1. The van der Waals surface area contributed by atoms with E-state index < -0.39 is 29.2 Å². The van der Waals surface area contributed by atoms with Crippen molar-refractivity contribution in [2.45, 2.75) is 49.7 Å². The van der Waals surface area contributed by atoms with E-state index in [0.717, 1.165) is 42.7 Å². The molecule has 3 N–H and O–H groups in total. The van der Waals surface area contributed by atoms with Crippen LogP contribution in [-0.4, -0.2) is 61.1 Å². The molecule has 1 aliphatic carbocycles. The number of amides is 2. The number of aromatic nitrogens is 3. The molecule has 1 saturated heterocycles. The molecule has 3 aliphatic rings. The largest absolute Gasteiger partial charge is 0.543 e. The predicted octanol–water partition coefficient (Wildman–Crippen LogP) is 0.0329. The van der Waals surface area contributed by atoms with Gasteiger partial charge in [-0.05, 0) is 31.7 Å². The lowest BCUT2D eigenvalue weighted by Gasteiger charge is -2.50. The molecule has 0 spiro atoms. The molecule has 14 heteroatoms. The molecule has 3 aromatic rings. The highest BCUT2D eigenvalue weighted by atomic mass is 32.2. The Hall–Kier alpha value is -3.91. The maximum atomic E-state index is 13.3. The number of carboxylic acid groups (broad SMARTS) is 1. The average molecular weight is 568 g/mol. The lowest BCUT2D eigenvalue weighted by Crippen LogP contribution is -2.71. The number of anilines is 1. The molecular formula is C25H25N7O5S2. The molecule has 3 aromatic heterocycles. The molecule has 202 valence electrons. The topological polar surface area (TPSA) is 158 Å². The summed E-state index contributed by atoms with van der Waals surface area (Å²) < 4.78 is 3.83. The number of nitrogens with zero attached hydrogens (tertiary/aromatic N) is 5.